The van der Waals surface area contributed by atoms with E-state index in [1.54, 1.807) is 0 Å². The fraction of sp³-hybridized carbons (Fsp3) is 0.364. The second kappa shape index (κ2) is 5.70. The zero-order valence-corrected chi connectivity index (χ0v) is 15.2. The van der Waals surface area contributed by atoms with E-state index in [0.29, 0.717) is 18.3 Å². The minimum Gasteiger partial charge on any atom is -0.326 e. The summed E-state index contributed by atoms with van der Waals surface area (Å²) in [6.07, 6.45) is 4.01. The van der Waals surface area contributed by atoms with Crippen LogP contribution in [0.1, 0.15) is 43.4 Å². The summed E-state index contributed by atoms with van der Waals surface area (Å²) < 4.78 is 2.00. The molecule has 1 fully saturated rings. The van der Waals surface area contributed by atoms with E-state index >= 15 is 0 Å². The van der Waals surface area contributed by atoms with Gasteiger partial charge in [-0.2, -0.15) is 5.10 Å². The Bertz CT molecular complexity index is 1030. The van der Waals surface area contributed by atoms with E-state index in [2.05, 4.69) is 36.5 Å². The van der Waals surface area contributed by atoms with Crippen LogP contribution in [0.5, 0.6) is 0 Å². The maximum atomic E-state index is 12.1. The van der Waals surface area contributed by atoms with Gasteiger partial charge in [-0.3, -0.25) is 9.48 Å². The first kappa shape index (κ1) is 15.6. The Hall–Kier alpha value is -2.62. The molecule has 4 nitrogen and oxygen atoms in total. The van der Waals surface area contributed by atoms with E-state index in [0.717, 1.165) is 12.1 Å². The van der Waals surface area contributed by atoms with Crippen molar-refractivity contribution >= 4 is 22.5 Å². The van der Waals surface area contributed by atoms with Crippen molar-refractivity contribution in [1.29, 1.82) is 0 Å². The smallest absolute Gasteiger partial charge is 0.224 e. The molecular formula is C22H23N3O. The first-order chi connectivity index (χ1) is 12.6. The van der Waals surface area contributed by atoms with Crippen molar-refractivity contribution in [2.45, 2.75) is 38.5 Å². The molecule has 0 radical (unpaired) electrons. The molecule has 4 heteroatoms. The van der Waals surface area contributed by atoms with Gasteiger partial charge >= 0.3 is 0 Å². The van der Waals surface area contributed by atoms with Gasteiger partial charge in [0.1, 0.15) is 0 Å². The number of aryl methyl sites for hydroxylation is 1. The fourth-order valence-electron chi connectivity index (χ4n) is 4.25. The number of carbonyl (C=O) groups excluding carboxylic acids is 1. The number of aromatic nitrogens is 2. The lowest BCUT2D eigenvalue weighted by atomic mass is 9.91. The molecule has 1 N–H and O–H groups in total. The van der Waals surface area contributed by atoms with Crippen molar-refractivity contribution in [3.63, 3.8) is 0 Å². The molecule has 1 amide bonds. The summed E-state index contributed by atoms with van der Waals surface area (Å²) >= 11 is 0. The van der Waals surface area contributed by atoms with Gasteiger partial charge < -0.3 is 5.32 Å². The molecule has 2 aliphatic rings. The first-order valence-electron chi connectivity index (χ1n) is 9.49. The zero-order chi connectivity index (χ0) is 17.8. The topological polar surface area (TPSA) is 46.9 Å². The van der Waals surface area contributed by atoms with Crippen molar-refractivity contribution in [3.8, 4) is 11.1 Å². The Morgan fingerprint density at radius 2 is 2.00 bits per heavy atom. The van der Waals surface area contributed by atoms with Gasteiger partial charge in [0.25, 0.3) is 0 Å². The maximum absolute atomic E-state index is 12.1. The van der Waals surface area contributed by atoms with Gasteiger partial charge in [-0.25, -0.2) is 0 Å². The third-order valence-corrected chi connectivity index (χ3v) is 5.69. The van der Waals surface area contributed by atoms with Crippen molar-refractivity contribution in [2.24, 2.45) is 13.0 Å². The molecule has 132 valence electrons. The summed E-state index contributed by atoms with van der Waals surface area (Å²) in [7, 11) is 2.03. The fourth-order valence-corrected chi connectivity index (χ4v) is 4.25. The molecule has 2 heterocycles. The van der Waals surface area contributed by atoms with Crippen LogP contribution < -0.4 is 5.32 Å². The third-order valence-electron chi connectivity index (χ3n) is 5.69. The van der Waals surface area contributed by atoms with Gasteiger partial charge in [0.15, 0.2) is 0 Å². The molecule has 5 rings (SSSR count). The molecule has 26 heavy (non-hydrogen) atoms. The molecule has 1 aromatic heterocycles. The SMILES string of the molecule is C[C@H]1CC(=O)Nc2cccc(-c3ccc4c(c3)c(C3CC3)nn4C)c2C1. The summed E-state index contributed by atoms with van der Waals surface area (Å²) in [4.78, 5) is 12.1. The molecule has 0 bridgehead atoms. The minimum absolute atomic E-state index is 0.118. The van der Waals surface area contributed by atoms with E-state index in [9.17, 15) is 4.79 Å². The highest BCUT2D eigenvalue weighted by Gasteiger charge is 2.29. The number of amides is 1. The first-order valence-corrected chi connectivity index (χ1v) is 9.49. The van der Waals surface area contributed by atoms with E-state index in [1.807, 2.05) is 23.9 Å². The predicted molar refractivity (Wildman–Crippen MR) is 104 cm³/mol. The van der Waals surface area contributed by atoms with Crippen molar-refractivity contribution in [1.82, 2.24) is 9.78 Å². The van der Waals surface area contributed by atoms with Gasteiger partial charge in [-0.05, 0) is 60.1 Å². The number of benzene rings is 2. The van der Waals surface area contributed by atoms with Gasteiger partial charge in [-0.15, -0.1) is 0 Å². The van der Waals surface area contributed by atoms with Gasteiger partial charge in [-0.1, -0.05) is 25.1 Å². The van der Waals surface area contributed by atoms with Crippen LogP contribution in [0.3, 0.4) is 0 Å². The van der Waals surface area contributed by atoms with E-state index in [4.69, 9.17) is 5.10 Å². The number of nitrogens with one attached hydrogen (secondary N) is 1. The molecule has 3 aromatic rings. The van der Waals surface area contributed by atoms with Crippen LogP contribution in [0, 0.1) is 5.92 Å². The summed E-state index contributed by atoms with van der Waals surface area (Å²) in [5.41, 5.74) is 7.09. The van der Waals surface area contributed by atoms with Gasteiger partial charge in [0.05, 0.1) is 11.2 Å². The van der Waals surface area contributed by atoms with Crippen LogP contribution in [-0.4, -0.2) is 15.7 Å². The molecular weight excluding hydrogens is 322 g/mol. The number of fused-ring (bicyclic) bond motifs is 2. The molecule has 0 saturated heterocycles. The van der Waals surface area contributed by atoms with Gasteiger partial charge in [0.2, 0.25) is 5.91 Å². The minimum atomic E-state index is 0.118. The zero-order valence-electron chi connectivity index (χ0n) is 15.2. The Kier molecular flexibility index (Phi) is 3.42. The second-order valence-corrected chi connectivity index (χ2v) is 7.91. The van der Waals surface area contributed by atoms with Crippen LogP contribution in [0.2, 0.25) is 0 Å². The number of hydrogen-bond acceptors (Lipinski definition) is 2. The lowest BCUT2D eigenvalue weighted by Gasteiger charge is -2.14. The standard InChI is InChI=1S/C22H23N3O/c1-13-10-17-16(4-3-5-19(17)23-21(26)11-13)15-8-9-20-18(12-15)22(14-6-7-14)24-25(20)2/h3-5,8-9,12-14H,6-7,10-11H2,1-2H3,(H,23,26)/t13-/m1/s1. The number of carbonyl (C=O) groups is 1. The Balaban J connectivity index is 1.68. The highest BCUT2D eigenvalue weighted by Crippen LogP contribution is 2.43. The quantitative estimate of drug-likeness (QED) is 0.735. The summed E-state index contributed by atoms with van der Waals surface area (Å²) in [5, 5.41) is 9.13. The molecule has 1 atom stereocenters. The van der Waals surface area contributed by atoms with Crippen LogP contribution >= 0.6 is 0 Å². The summed E-state index contributed by atoms with van der Waals surface area (Å²) in [6, 6.07) is 12.9. The Labute approximate surface area is 153 Å². The lowest BCUT2D eigenvalue weighted by molar-refractivity contribution is -0.116. The van der Waals surface area contributed by atoms with Crippen molar-refractivity contribution in [2.75, 3.05) is 5.32 Å². The Morgan fingerprint density at radius 1 is 1.15 bits per heavy atom. The lowest BCUT2D eigenvalue weighted by Crippen LogP contribution is -2.11. The van der Waals surface area contributed by atoms with E-state index in [1.165, 1.54) is 46.1 Å². The molecule has 0 unspecified atom stereocenters. The molecule has 1 aliphatic heterocycles. The second-order valence-electron chi connectivity index (χ2n) is 7.91. The summed E-state index contributed by atoms with van der Waals surface area (Å²) in [5.74, 6) is 1.09. The van der Waals surface area contributed by atoms with Gasteiger partial charge in [0, 0.05) is 30.5 Å². The molecule has 1 aliphatic carbocycles. The Morgan fingerprint density at radius 3 is 2.81 bits per heavy atom. The normalized spacial score (nSPS) is 19.9. The number of hydrogen-bond donors (Lipinski definition) is 1. The average molecular weight is 345 g/mol. The third kappa shape index (κ3) is 2.52. The van der Waals surface area contributed by atoms with Crippen LogP contribution in [0.4, 0.5) is 5.69 Å². The molecule has 2 aromatic carbocycles. The van der Waals surface area contributed by atoms with Crippen LogP contribution in [-0.2, 0) is 18.3 Å². The summed E-state index contributed by atoms with van der Waals surface area (Å²) in [6.45, 7) is 2.15. The monoisotopic (exact) mass is 345 g/mol. The van der Waals surface area contributed by atoms with Crippen LogP contribution in [0.25, 0.3) is 22.0 Å². The largest absolute Gasteiger partial charge is 0.326 e. The van der Waals surface area contributed by atoms with Crippen molar-refractivity contribution in [3.05, 3.63) is 47.7 Å². The highest BCUT2D eigenvalue weighted by atomic mass is 16.1. The molecule has 1 saturated carbocycles. The highest BCUT2D eigenvalue weighted by molar-refractivity contribution is 5.95. The van der Waals surface area contributed by atoms with Crippen molar-refractivity contribution < 1.29 is 4.79 Å². The van der Waals surface area contributed by atoms with E-state index < -0.39 is 0 Å². The maximum Gasteiger partial charge on any atom is 0.224 e. The number of anilines is 1. The predicted octanol–water partition coefficient (Wildman–Crippen LogP) is 4.64. The van der Waals surface area contributed by atoms with E-state index in [-0.39, 0.29) is 5.91 Å². The number of nitrogens with zero attached hydrogens (tertiary/aromatic N) is 2. The number of rotatable bonds is 2. The molecule has 0 spiro atoms. The van der Waals surface area contributed by atoms with Crippen LogP contribution in [0.15, 0.2) is 36.4 Å². The average Bonchev–Trinajstić information content (AvgIpc) is 3.41.